The van der Waals surface area contributed by atoms with Gasteiger partial charge < -0.3 is 9.84 Å². The highest BCUT2D eigenvalue weighted by Crippen LogP contribution is 2.28. The van der Waals surface area contributed by atoms with Crippen molar-refractivity contribution in [3.05, 3.63) is 0 Å². The summed E-state index contributed by atoms with van der Waals surface area (Å²) >= 11 is 0. The van der Waals surface area contributed by atoms with Gasteiger partial charge >= 0.3 is 0 Å². The van der Waals surface area contributed by atoms with Crippen molar-refractivity contribution in [3.8, 4) is 0 Å². The quantitative estimate of drug-likeness (QED) is 0.621. The summed E-state index contributed by atoms with van der Waals surface area (Å²) in [6, 6.07) is 0. The summed E-state index contributed by atoms with van der Waals surface area (Å²) in [7, 11) is 0. The van der Waals surface area contributed by atoms with Crippen LogP contribution in [0, 0.1) is 5.92 Å². The molecule has 72 valence electrons. The number of aliphatic hydroxyl groups is 1. The minimum Gasteiger partial charge on any atom is -0.394 e. The maximum absolute atomic E-state index is 8.45. The van der Waals surface area contributed by atoms with Gasteiger partial charge in [0, 0.05) is 6.61 Å². The zero-order valence-electron chi connectivity index (χ0n) is 7.80. The summed E-state index contributed by atoms with van der Waals surface area (Å²) in [5, 5.41) is 8.45. The second-order valence-corrected chi connectivity index (χ2v) is 3.63. The molecule has 0 heterocycles. The normalized spacial score (nSPS) is 18.8. The van der Waals surface area contributed by atoms with Gasteiger partial charge in [0.25, 0.3) is 0 Å². The first-order valence-corrected chi connectivity index (χ1v) is 5.12. The largest absolute Gasteiger partial charge is 0.394 e. The first-order chi connectivity index (χ1) is 5.93. The van der Waals surface area contributed by atoms with Gasteiger partial charge in [-0.25, -0.2) is 0 Å². The molecule has 1 saturated carbocycles. The highest BCUT2D eigenvalue weighted by molar-refractivity contribution is 4.66. The monoisotopic (exact) mass is 172 g/mol. The predicted octanol–water partition coefficient (Wildman–Crippen LogP) is 1.97. The molecule has 0 spiro atoms. The van der Waals surface area contributed by atoms with Gasteiger partial charge in [0.2, 0.25) is 0 Å². The summed E-state index contributed by atoms with van der Waals surface area (Å²) in [6.45, 7) is 1.49. The number of ether oxygens (including phenoxy) is 1. The summed E-state index contributed by atoms with van der Waals surface area (Å²) < 4.78 is 5.19. The molecule has 1 aliphatic rings. The minimum absolute atomic E-state index is 0.156. The van der Waals surface area contributed by atoms with Crippen LogP contribution in [0.4, 0.5) is 0 Å². The third-order valence-electron chi connectivity index (χ3n) is 2.61. The standard InChI is InChI=1S/C10H20O2/c11-7-9-12-8-3-6-10-4-1-2-5-10/h10-11H,1-9H2. The van der Waals surface area contributed by atoms with Crippen LogP contribution in [-0.4, -0.2) is 24.9 Å². The maximum atomic E-state index is 8.45. The van der Waals surface area contributed by atoms with Gasteiger partial charge in [-0.3, -0.25) is 0 Å². The van der Waals surface area contributed by atoms with Gasteiger partial charge in [-0.2, -0.15) is 0 Å². The first kappa shape index (κ1) is 10.0. The van der Waals surface area contributed by atoms with Crippen LogP contribution in [0.3, 0.4) is 0 Å². The van der Waals surface area contributed by atoms with Crippen LogP contribution in [0.2, 0.25) is 0 Å². The molecule has 1 aliphatic carbocycles. The molecule has 0 aromatic rings. The lowest BCUT2D eigenvalue weighted by atomic mass is 10.0. The lowest BCUT2D eigenvalue weighted by Crippen LogP contribution is -2.02. The fourth-order valence-electron chi connectivity index (χ4n) is 1.94. The molecule has 1 N–H and O–H groups in total. The number of hydrogen-bond donors (Lipinski definition) is 1. The smallest absolute Gasteiger partial charge is 0.0697 e. The zero-order valence-corrected chi connectivity index (χ0v) is 7.80. The SMILES string of the molecule is OCCOCCCC1CCCC1. The van der Waals surface area contributed by atoms with E-state index in [1.54, 1.807) is 0 Å². The summed E-state index contributed by atoms with van der Waals surface area (Å²) in [4.78, 5) is 0. The highest BCUT2D eigenvalue weighted by Gasteiger charge is 2.13. The summed E-state index contributed by atoms with van der Waals surface area (Å²) in [5.74, 6) is 0.975. The van der Waals surface area contributed by atoms with Gasteiger partial charge in [0.05, 0.1) is 13.2 Å². The topological polar surface area (TPSA) is 29.5 Å². The third kappa shape index (κ3) is 4.07. The maximum Gasteiger partial charge on any atom is 0.0697 e. The van der Waals surface area contributed by atoms with Gasteiger partial charge in [0.15, 0.2) is 0 Å². The molecule has 0 amide bonds. The van der Waals surface area contributed by atoms with Crippen LogP contribution < -0.4 is 0 Å². The molecule has 0 aromatic carbocycles. The Kier molecular flexibility index (Phi) is 5.37. The lowest BCUT2D eigenvalue weighted by molar-refractivity contribution is 0.0877. The molecule has 2 heteroatoms. The van der Waals surface area contributed by atoms with Crippen LogP contribution in [0.5, 0.6) is 0 Å². The fourth-order valence-corrected chi connectivity index (χ4v) is 1.94. The van der Waals surface area contributed by atoms with Gasteiger partial charge in [-0.15, -0.1) is 0 Å². The molecular formula is C10H20O2. The molecule has 0 bridgehead atoms. The lowest BCUT2D eigenvalue weighted by Gasteiger charge is -2.07. The molecule has 0 atom stereocenters. The van der Waals surface area contributed by atoms with Crippen LogP contribution in [0.15, 0.2) is 0 Å². The van der Waals surface area contributed by atoms with E-state index in [4.69, 9.17) is 9.84 Å². The second kappa shape index (κ2) is 6.44. The van der Waals surface area contributed by atoms with E-state index in [2.05, 4.69) is 0 Å². The Morgan fingerprint density at radius 1 is 1.17 bits per heavy atom. The predicted molar refractivity (Wildman–Crippen MR) is 49.1 cm³/mol. The Bertz CT molecular complexity index is 98.0. The Morgan fingerprint density at radius 3 is 2.58 bits per heavy atom. The average molecular weight is 172 g/mol. The van der Waals surface area contributed by atoms with Crippen molar-refractivity contribution in [2.24, 2.45) is 5.92 Å². The number of aliphatic hydroxyl groups excluding tert-OH is 1. The molecule has 1 rings (SSSR count). The Morgan fingerprint density at radius 2 is 1.92 bits per heavy atom. The van der Waals surface area contributed by atoms with Crippen LogP contribution in [0.1, 0.15) is 38.5 Å². The van der Waals surface area contributed by atoms with Crippen molar-refractivity contribution >= 4 is 0 Å². The summed E-state index contributed by atoms with van der Waals surface area (Å²) in [5.41, 5.74) is 0. The van der Waals surface area contributed by atoms with E-state index in [-0.39, 0.29) is 6.61 Å². The van der Waals surface area contributed by atoms with Crippen molar-refractivity contribution in [2.75, 3.05) is 19.8 Å². The molecule has 12 heavy (non-hydrogen) atoms. The minimum atomic E-state index is 0.156. The van der Waals surface area contributed by atoms with Crippen molar-refractivity contribution in [1.29, 1.82) is 0 Å². The first-order valence-electron chi connectivity index (χ1n) is 5.12. The molecule has 0 unspecified atom stereocenters. The fraction of sp³-hybridized carbons (Fsp3) is 1.00. The molecule has 0 saturated heterocycles. The van der Waals surface area contributed by atoms with Gasteiger partial charge in [-0.05, 0) is 18.8 Å². The van der Waals surface area contributed by atoms with E-state index in [9.17, 15) is 0 Å². The third-order valence-corrected chi connectivity index (χ3v) is 2.61. The van der Waals surface area contributed by atoms with Crippen molar-refractivity contribution in [2.45, 2.75) is 38.5 Å². The van der Waals surface area contributed by atoms with Crippen LogP contribution in [-0.2, 0) is 4.74 Å². The Hall–Kier alpha value is -0.0800. The zero-order chi connectivity index (χ0) is 8.65. The summed E-state index contributed by atoms with van der Waals surface area (Å²) in [6.07, 6.45) is 8.22. The van der Waals surface area contributed by atoms with Crippen molar-refractivity contribution in [3.63, 3.8) is 0 Å². The van der Waals surface area contributed by atoms with E-state index in [1.807, 2.05) is 0 Å². The molecular weight excluding hydrogens is 152 g/mol. The molecule has 1 fully saturated rings. The van der Waals surface area contributed by atoms with E-state index in [1.165, 1.54) is 38.5 Å². The number of hydrogen-bond acceptors (Lipinski definition) is 2. The average Bonchev–Trinajstić information content (AvgIpc) is 2.57. The second-order valence-electron chi connectivity index (χ2n) is 3.63. The number of rotatable bonds is 6. The molecule has 0 radical (unpaired) electrons. The molecule has 0 aromatic heterocycles. The van der Waals surface area contributed by atoms with Crippen LogP contribution in [0.25, 0.3) is 0 Å². The van der Waals surface area contributed by atoms with Crippen molar-refractivity contribution < 1.29 is 9.84 Å². The Balaban J connectivity index is 1.81. The van der Waals surface area contributed by atoms with Gasteiger partial charge in [-0.1, -0.05) is 25.7 Å². The Labute approximate surface area is 74.9 Å². The van der Waals surface area contributed by atoms with Crippen molar-refractivity contribution in [1.82, 2.24) is 0 Å². The molecule has 0 aliphatic heterocycles. The van der Waals surface area contributed by atoms with E-state index < -0.39 is 0 Å². The van der Waals surface area contributed by atoms with E-state index in [0.717, 1.165) is 12.5 Å². The van der Waals surface area contributed by atoms with Crippen LogP contribution >= 0.6 is 0 Å². The van der Waals surface area contributed by atoms with E-state index >= 15 is 0 Å². The van der Waals surface area contributed by atoms with E-state index in [0.29, 0.717) is 6.61 Å². The highest BCUT2D eigenvalue weighted by atomic mass is 16.5. The molecule has 2 nitrogen and oxygen atoms in total. The van der Waals surface area contributed by atoms with Gasteiger partial charge in [0.1, 0.15) is 0 Å².